The smallest absolute Gasteiger partial charge is 0.168 e. The third kappa shape index (κ3) is 4.60. The van der Waals surface area contributed by atoms with E-state index in [9.17, 15) is 5.11 Å². The van der Waals surface area contributed by atoms with Crippen LogP contribution in [-0.2, 0) is 17.1 Å². The van der Waals surface area contributed by atoms with E-state index in [1.54, 1.807) is 6.20 Å². The summed E-state index contributed by atoms with van der Waals surface area (Å²) in [4.78, 5) is 0. The van der Waals surface area contributed by atoms with Crippen LogP contribution in [0.25, 0.3) is 0 Å². The molecule has 1 N–H and O–H groups in total. The molecule has 0 aliphatic heterocycles. The van der Waals surface area contributed by atoms with Gasteiger partial charge in [0.25, 0.3) is 0 Å². The molecule has 1 unspecified atom stereocenters. The molecule has 0 amide bonds. The van der Waals surface area contributed by atoms with Gasteiger partial charge in [0.2, 0.25) is 0 Å². The van der Waals surface area contributed by atoms with Crippen molar-refractivity contribution in [2.24, 2.45) is 0 Å². The summed E-state index contributed by atoms with van der Waals surface area (Å²) >= 11 is 0. The summed E-state index contributed by atoms with van der Waals surface area (Å²) in [6, 6.07) is 1.11. The number of hydrogen-bond donors (Lipinski definition) is 1. The van der Waals surface area contributed by atoms with Crippen molar-refractivity contribution in [2.45, 2.75) is 44.9 Å². The van der Waals surface area contributed by atoms with E-state index in [-0.39, 0.29) is 0 Å². The molecule has 1 rings (SSSR count). The zero-order valence-corrected chi connectivity index (χ0v) is 12.5. The standard InChI is InChI=1S/C12H21N3O2Si/c1-6-12(2,16)11-9-15(14-13-11)10-17-7-8-18(3,4)5/h1,9,16H,7-8,10H2,2-5H3. The molecule has 0 saturated carbocycles. The summed E-state index contributed by atoms with van der Waals surface area (Å²) < 4.78 is 7.05. The van der Waals surface area contributed by atoms with E-state index in [1.807, 2.05) is 0 Å². The van der Waals surface area contributed by atoms with Gasteiger partial charge in [-0.15, -0.1) is 11.5 Å². The Morgan fingerprint density at radius 1 is 1.56 bits per heavy atom. The first kappa shape index (κ1) is 14.9. The Morgan fingerprint density at radius 2 is 2.22 bits per heavy atom. The van der Waals surface area contributed by atoms with Crippen LogP contribution >= 0.6 is 0 Å². The maximum atomic E-state index is 9.80. The normalized spacial score (nSPS) is 15.1. The van der Waals surface area contributed by atoms with E-state index in [4.69, 9.17) is 11.2 Å². The fourth-order valence-electron chi connectivity index (χ4n) is 1.19. The molecule has 0 saturated heterocycles. The molecule has 0 aliphatic rings. The highest BCUT2D eigenvalue weighted by molar-refractivity contribution is 6.76. The first-order valence-electron chi connectivity index (χ1n) is 5.93. The molecule has 6 heteroatoms. The molecule has 0 radical (unpaired) electrons. The molecule has 0 fully saturated rings. The van der Waals surface area contributed by atoms with Crippen LogP contribution in [0.2, 0.25) is 25.7 Å². The number of aliphatic hydroxyl groups is 1. The van der Waals surface area contributed by atoms with Gasteiger partial charge in [-0.3, -0.25) is 0 Å². The Balaban J connectivity index is 2.44. The first-order valence-corrected chi connectivity index (χ1v) is 9.64. The summed E-state index contributed by atoms with van der Waals surface area (Å²) in [5.74, 6) is 2.26. The Bertz CT molecular complexity index is 429. The van der Waals surface area contributed by atoms with Gasteiger partial charge in [-0.1, -0.05) is 30.8 Å². The van der Waals surface area contributed by atoms with E-state index >= 15 is 0 Å². The SMILES string of the molecule is C#CC(C)(O)c1cn(COCC[Si](C)(C)C)nn1. The number of terminal acetylenes is 1. The Morgan fingerprint density at radius 3 is 2.78 bits per heavy atom. The van der Waals surface area contributed by atoms with Crippen LogP contribution in [0.4, 0.5) is 0 Å². The van der Waals surface area contributed by atoms with E-state index in [0.29, 0.717) is 12.4 Å². The highest BCUT2D eigenvalue weighted by atomic mass is 28.3. The van der Waals surface area contributed by atoms with Crippen LogP contribution < -0.4 is 0 Å². The molecule has 0 aliphatic carbocycles. The lowest BCUT2D eigenvalue weighted by molar-refractivity contribution is 0.0770. The van der Waals surface area contributed by atoms with Crippen molar-refractivity contribution in [3.63, 3.8) is 0 Å². The molecule has 18 heavy (non-hydrogen) atoms. The minimum Gasteiger partial charge on any atom is -0.372 e. The third-order valence-electron chi connectivity index (χ3n) is 2.54. The zero-order chi connectivity index (χ0) is 13.8. The molecule has 0 bridgehead atoms. The van der Waals surface area contributed by atoms with E-state index in [2.05, 4.69) is 35.9 Å². The third-order valence-corrected chi connectivity index (χ3v) is 4.24. The van der Waals surface area contributed by atoms with Gasteiger partial charge < -0.3 is 9.84 Å². The summed E-state index contributed by atoms with van der Waals surface area (Å²) in [5.41, 5.74) is -1.02. The van der Waals surface area contributed by atoms with Gasteiger partial charge in [-0.25, -0.2) is 4.68 Å². The number of ether oxygens (including phenoxy) is 1. The van der Waals surface area contributed by atoms with Crippen LogP contribution in [-0.4, -0.2) is 34.8 Å². The zero-order valence-electron chi connectivity index (χ0n) is 11.5. The van der Waals surface area contributed by atoms with Gasteiger partial charge >= 0.3 is 0 Å². The minimum atomic E-state index is -1.38. The van der Waals surface area contributed by atoms with Crippen LogP contribution in [0.15, 0.2) is 6.20 Å². The van der Waals surface area contributed by atoms with Gasteiger partial charge in [-0.05, 0) is 13.0 Å². The van der Waals surface area contributed by atoms with E-state index in [1.165, 1.54) is 11.6 Å². The number of nitrogens with zero attached hydrogens (tertiary/aromatic N) is 3. The van der Waals surface area contributed by atoms with Crippen LogP contribution in [0.5, 0.6) is 0 Å². The maximum Gasteiger partial charge on any atom is 0.168 e. The molecule has 0 aromatic carbocycles. The molecule has 1 aromatic rings. The molecular formula is C12H21N3O2Si. The number of rotatable bonds is 6. The molecule has 5 nitrogen and oxygen atoms in total. The van der Waals surface area contributed by atoms with Crippen molar-refractivity contribution in [3.8, 4) is 12.3 Å². The Labute approximate surface area is 109 Å². The van der Waals surface area contributed by atoms with Gasteiger partial charge in [0.05, 0.1) is 6.20 Å². The first-order chi connectivity index (χ1) is 8.24. The van der Waals surface area contributed by atoms with Crippen LogP contribution in [0.1, 0.15) is 12.6 Å². The summed E-state index contributed by atoms with van der Waals surface area (Å²) in [5, 5.41) is 17.5. The molecule has 1 atom stereocenters. The van der Waals surface area contributed by atoms with E-state index in [0.717, 1.165) is 12.7 Å². The molecule has 1 aromatic heterocycles. The lowest BCUT2D eigenvalue weighted by Crippen LogP contribution is -2.22. The quantitative estimate of drug-likeness (QED) is 0.481. The second kappa shape index (κ2) is 5.65. The molecule has 1 heterocycles. The Hall–Kier alpha value is -1.16. The topological polar surface area (TPSA) is 60.2 Å². The lowest BCUT2D eigenvalue weighted by Gasteiger charge is -2.15. The summed E-state index contributed by atoms with van der Waals surface area (Å²) in [6.45, 7) is 9.46. The molecule has 0 spiro atoms. The fourth-order valence-corrected chi connectivity index (χ4v) is 1.95. The average Bonchev–Trinajstić information content (AvgIpc) is 2.72. The van der Waals surface area contributed by atoms with E-state index < -0.39 is 13.7 Å². The van der Waals surface area contributed by atoms with Crippen molar-refractivity contribution in [3.05, 3.63) is 11.9 Å². The monoisotopic (exact) mass is 267 g/mol. The molecular weight excluding hydrogens is 246 g/mol. The van der Waals surface area contributed by atoms with Crippen molar-refractivity contribution < 1.29 is 9.84 Å². The molecule has 100 valence electrons. The van der Waals surface area contributed by atoms with Crippen molar-refractivity contribution in [2.75, 3.05) is 6.61 Å². The lowest BCUT2D eigenvalue weighted by atomic mass is 10.1. The Kier molecular flexibility index (Phi) is 4.68. The van der Waals surface area contributed by atoms with Crippen LogP contribution in [0, 0.1) is 12.3 Å². The van der Waals surface area contributed by atoms with Crippen LogP contribution in [0.3, 0.4) is 0 Å². The number of aromatic nitrogens is 3. The minimum absolute atomic E-state index is 0.331. The predicted molar refractivity (Wildman–Crippen MR) is 72.5 cm³/mol. The predicted octanol–water partition coefficient (Wildman–Crippen LogP) is 1.43. The number of hydrogen-bond acceptors (Lipinski definition) is 4. The second-order valence-corrected chi connectivity index (χ2v) is 11.3. The fraction of sp³-hybridized carbons (Fsp3) is 0.667. The van der Waals surface area contributed by atoms with Crippen molar-refractivity contribution in [1.82, 2.24) is 15.0 Å². The van der Waals surface area contributed by atoms with Gasteiger partial charge in [0.15, 0.2) is 5.60 Å². The van der Waals surface area contributed by atoms with Gasteiger partial charge in [0.1, 0.15) is 12.4 Å². The second-order valence-electron chi connectivity index (χ2n) is 5.71. The summed E-state index contributed by atoms with van der Waals surface area (Å²) in [7, 11) is -1.06. The van der Waals surface area contributed by atoms with Crippen molar-refractivity contribution in [1.29, 1.82) is 0 Å². The maximum absolute atomic E-state index is 9.80. The highest BCUT2D eigenvalue weighted by Gasteiger charge is 2.23. The van der Waals surface area contributed by atoms with Gasteiger partial charge in [-0.2, -0.15) is 0 Å². The van der Waals surface area contributed by atoms with Gasteiger partial charge in [0, 0.05) is 14.7 Å². The van der Waals surface area contributed by atoms with Crippen molar-refractivity contribution >= 4 is 8.07 Å². The largest absolute Gasteiger partial charge is 0.372 e. The summed E-state index contributed by atoms with van der Waals surface area (Å²) in [6.07, 6.45) is 6.82. The highest BCUT2D eigenvalue weighted by Crippen LogP contribution is 2.15. The average molecular weight is 267 g/mol.